The van der Waals surface area contributed by atoms with E-state index in [2.05, 4.69) is 29.8 Å². The average Bonchev–Trinajstić information content (AvgIpc) is 2.29. The second-order valence-corrected chi connectivity index (χ2v) is 5.99. The Bertz CT molecular complexity index is 447. The largest absolute Gasteiger partial charge is 0.490 e. The molecule has 2 atom stereocenters. The molecule has 1 aliphatic rings. The molecule has 0 aliphatic heterocycles. The molecule has 17 heavy (non-hydrogen) atoms. The summed E-state index contributed by atoms with van der Waals surface area (Å²) in [5, 5.41) is 10.6. The second kappa shape index (κ2) is 4.29. The molecule has 0 spiro atoms. The van der Waals surface area contributed by atoms with E-state index < -0.39 is 4.92 Å². The van der Waals surface area contributed by atoms with E-state index in [1.165, 1.54) is 12.1 Å². The van der Waals surface area contributed by atoms with Gasteiger partial charge in [-0.3, -0.25) is 10.1 Å². The molecule has 4 nitrogen and oxygen atoms in total. The van der Waals surface area contributed by atoms with Crippen molar-refractivity contribution in [2.75, 3.05) is 0 Å². The van der Waals surface area contributed by atoms with Crippen LogP contribution in [0, 0.1) is 15.5 Å². The van der Waals surface area contributed by atoms with Crippen molar-refractivity contribution in [1.29, 1.82) is 0 Å². The van der Waals surface area contributed by atoms with Crippen LogP contribution in [-0.2, 0) is 0 Å². The molecule has 1 aliphatic carbocycles. The Labute approximate surface area is 108 Å². The summed E-state index contributed by atoms with van der Waals surface area (Å²) in [5.41, 5.74) is 0.125. The van der Waals surface area contributed by atoms with Gasteiger partial charge < -0.3 is 4.74 Å². The lowest BCUT2D eigenvalue weighted by molar-refractivity contribution is -0.385. The zero-order chi connectivity index (χ0) is 12.6. The number of nitrogens with zero attached hydrogens (tertiary/aromatic N) is 1. The second-order valence-electron chi connectivity index (χ2n) is 4.89. The Morgan fingerprint density at radius 3 is 2.76 bits per heavy atom. The first-order valence-corrected chi connectivity index (χ1v) is 6.38. The van der Waals surface area contributed by atoms with Gasteiger partial charge in [-0.25, -0.2) is 0 Å². The SMILES string of the molecule is CC1(C)C(Br)CC1Oc1cccc([N+](=O)[O-])c1. The molecule has 92 valence electrons. The quantitative estimate of drug-likeness (QED) is 0.487. The van der Waals surface area contributed by atoms with Gasteiger partial charge in [0.1, 0.15) is 11.9 Å². The summed E-state index contributed by atoms with van der Waals surface area (Å²) < 4.78 is 5.79. The number of hydrogen-bond donors (Lipinski definition) is 0. The van der Waals surface area contributed by atoms with Crippen LogP contribution >= 0.6 is 15.9 Å². The van der Waals surface area contributed by atoms with E-state index in [9.17, 15) is 10.1 Å². The first-order chi connectivity index (χ1) is 7.91. The van der Waals surface area contributed by atoms with Gasteiger partial charge in [-0.1, -0.05) is 35.8 Å². The van der Waals surface area contributed by atoms with Gasteiger partial charge in [-0.2, -0.15) is 0 Å². The van der Waals surface area contributed by atoms with Crippen LogP contribution < -0.4 is 4.74 Å². The predicted octanol–water partition coefficient (Wildman–Crippen LogP) is 3.54. The fourth-order valence-corrected chi connectivity index (χ4v) is 2.51. The molecular formula is C12H14BrNO3. The van der Waals surface area contributed by atoms with Gasteiger partial charge in [0, 0.05) is 16.3 Å². The molecule has 0 heterocycles. The van der Waals surface area contributed by atoms with E-state index in [1.54, 1.807) is 12.1 Å². The number of ether oxygens (including phenoxy) is 1. The van der Waals surface area contributed by atoms with Crippen molar-refractivity contribution < 1.29 is 9.66 Å². The monoisotopic (exact) mass is 299 g/mol. The lowest BCUT2D eigenvalue weighted by atomic mass is 9.69. The van der Waals surface area contributed by atoms with Crippen LogP contribution in [0.25, 0.3) is 0 Å². The Balaban J connectivity index is 2.10. The summed E-state index contributed by atoms with van der Waals surface area (Å²) in [6.45, 7) is 4.25. The van der Waals surface area contributed by atoms with Crippen molar-refractivity contribution in [3.05, 3.63) is 34.4 Å². The molecule has 1 fully saturated rings. The first kappa shape index (κ1) is 12.4. The predicted molar refractivity (Wildman–Crippen MR) is 68.6 cm³/mol. The number of nitro benzene ring substituents is 1. The van der Waals surface area contributed by atoms with Crippen LogP contribution in [0.4, 0.5) is 5.69 Å². The van der Waals surface area contributed by atoms with Crippen LogP contribution in [0.1, 0.15) is 20.3 Å². The molecule has 0 saturated heterocycles. The maximum absolute atomic E-state index is 10.6. The minimum atomic E-state index is -0.411. The van der Waals surface area contributed by atoms with Crippen LogP contribution in [0.3, 0.4) is 0 Å². The molecule has 1 aromatic rings. The number of alkyl halides is 1. The number of halogens is 1. The van der Waals surface area contributed by atoms with Crippen molar-refractivity contribution in [1.82, 2.24) is 0 Å². The van der Waals surface area contributed by atoms with E-state index in [1.807, 2.05) is 0 Å². The summed E-state index contributed by atoms with van der Waals surface area (Å²) in [6.07, 6.45) is 1.03. The lowest BCUT2D eigenvalue weighted by Crippen LogP contribution is -2.53. The smallest absolute Gasteiger partial charge is 0.273 e. The van der Waals surface area contributed by atoms with Crippen LogP contribution in [0.5, 0.6) is 5.75 Å². The Kier molecular flexibility index (Phi) is 3.12. The van der Waals surface area contributed by atoms with Crippen molar-refractivity contribution in [3.63, 3.8) is 0 Å². The number of hydrogen-bond acceptors (Lipinski definition) is 3. The standard InChI is InChI=1S/C12H14BrNO3/c1-12(2)10(13)7-11(12)17-9-5-3-4-8(6-9)14(15)16/h3-6,10-11H,7H2,1-2H3. The van der Waals surface area contributed by atoms with Crippen molar-refractivity contribution >= 4 is 21.6 Å². The summed E-state index contributed by atoms with van der Waals surface area (Å²) in [4.78, 5) is 10.7. The highest BCUT2D eigenvalue weighted by molar-refractivity contribution is 9.09. The molecule has 5 heteroatoms. The summed E-state index contributed by atoms with van der Waals surface area (Å²) >= 11 is 3.58. The van der Waals surface area contributed by atoms with Gasteiger partial charge in [0.2, 0.25) is 0 Å². The Morgan fingerprint density at radius 2 is 2.24 bits per heavy atom. The van der Waals surface area contributed by atoms with Crippen LogP contribution in [-0.4, -0.2) is 15.9 Å². The maximum Gasteiger partial charge on any atom is 0.273 e. The zero-order valence-corrected chi connectivity index (χ0v) is 11.3. The lowest BCUT2D eigenvalue weighted by Gasteiger charge is -2.48. The molecule has 0 N–H and O–H groups in total. The highest BCUT2D eigenvalue weighted by Crippen LogP contribution is 2.47. The average molecular weight is 300 g/mol. The number of non-ortho nitro benzene ring substituents is 1. The van der Waals surface area contributed by atoms with Crippen LogP contribution in [0.2, 0.25) is 0 Å². The van der Waals surface area contributed by atoms with E-state index in [0.29, 0.717) is 10.6 Å². The van der Waals surface area contributed by atoms with Gasteiger partial charge in [0.25, 0.3) is 5.69 Å². The third-order valence-electron chi connectivity index (χ3n) is 3.36. The van der Waals surface area contributed by atoms with E-state index in [4.69, 9.17) is 4.74 Å². The normalized spacial score (nSPS) is 26.1. The third-order valence-corrected chi connectivity index (χ3v) is 4.92. The van der Waals surface area contributed by atoms with E-state index in [-0.39, 0.29) is 17.2 Å². The molecule has 2 unspecified atom stereocenters. The minimum Gasteiger partial charge on any atom is -0.490 e. The van der Waals surface area contributed by atoms with Gasteiger partial charge in [0.15, 0.2) is 0 Å². The maximum atomic E-state index is 10.6. The molecule has 0 radical (unpaired) electrons. The molecule has 1 saturated carbocycles. The summed E-state index contributed by atoms with van der Waals surface area (Å²) in [7, 11) is 0. The van der Waals surface area contributed by atoms with Gasteiger partial charge >= 0.3 is 0 Å². The molecule has 1 aromatic carbocycles. The Morgan fingerprint density at radius 1 is 1.53 bits per heavy atom. The highest BCUT2D eigenvalue weighted by atomic mass is 79.9. The zero-order valence-electron chi connectivity index (χ0n) is 9.72. The van der Waals surface area contributed by atoms with E-state index >= 15 is 0 Å². The topological polar surface area (TPSA) is 52.4 Å². The fourth-order valence-electron chi connectivity index (χ4n) is 1.87. The molecule has 0 aromatic heterocycles. The van der Waals surface area contributed by atoms with Crippen molar-refractivity contribution in [2.24, 2.45) is 5.41 Å². The number of rotatable bonds is 3. The summed E-state index contributed by atoms with van der Waals surface area (Å²) in [6, 6.07) is 6.33. The highest BCUT2D eigenvalue weighted by Gasteiger charge is 2.48. The first-order valence-electron chi connectivity index (χ1n) is 5.46. The molecule has 2 rings (SSSR count). The van der Waals surface area contributed by atoms with Crippen LogP contribution in [0.15, 0.2) is 24.3 Å². The van der Waals surface area contributed by atoms with Gasteiger partial charge in [-0.15, -0.1) is 0 Å². The molecule has 0 bridgehead atoms. The van der Waals surface area contributed by atoms with Gasteiger partial charge in [0.05, 0.1) is 11.0 Å². The van der Waals surface area contributed by atoms with Crippen molar-refractivity contribution in [2.45, 2.75) is 31.2 Å². The Hall–Kier alpha value is -1.10. The van der Waals surface area contributed by atoms with Gasteiger partial charge in [-0.05, 0) is 12.5 Å². The number of nitro groups is 1. The van der Waals surface area contributed by atoms with Crippen molar-refractivity contribution in [3.8, 4) is 5.75 Å². The summed E-state index contributed by atoms with van der Waals surface area (Å²) in [5.74, 6) is 0.566. The minimum absolute atomic E-state index is 0.0601. The number of benzene rings is 1. The van der Waals surface area contributed by atoms with E-state index in [0.717, 1.165) is 6.42 Å². The third kappa shape index (κ3) is 2.29. The molecular weight excluding hydrogens is 286 g/mol. The fraction of sp³-hybridized carbons (Fsp3) is 0.500. The molecule has 0 amide bonds.